The van der Waals surface area contributed by atoms with Gasteiger partial charge >= 0.3 is 6.03 Å². The second-order valence-corrected chi connectivity index (χ2v) is 6.26. The molecule has 1 heterocycles. The molecule has 0 bridgehead atoms. The van der Waals surface area contributed by atoms with E-state index in [1.54, 1.807) is 24.3 Å². The van der Waals surface area contributed by atoms with E-state index in [0.29, 0.717) is 10.7 Å². The first-order valence-corrected chi connectivity index (χ1v) is 8.07. The number of halogens is 1. The van der Waals surface area contributed by atoms with Gasteiger partial charge in [0.2, 0.25) is 5.91 Å². The fourth-order valence-corrected chi connectivity index (χ4v) is 3.02. The molecule has 0 saturated carbocycles. The van der Waals surface area contributed by atoms with E-state index in [4.69, 9.17) is 11.6 Å². The summed E-state index contributed by atoms with van der Waals surface area (Å²) in [6.07, 6.45) is 0. The number of rotatable bonds is 3. The molecule has 1 saturated heterocycles. The van der Waals surface area contributed by atoms with Crippen LogP contribution in [0.4, 0.5) is 10.5 Å². The molecule has 134 valence electrons. The number of hydrogen-bond donors (Lipinski definition) is 5. The summed E-state index contributed by atoms with van der Waals surface area (Å²) in [4.78, 5) is 24.7. The summed E-state index contributed by atoms with van der Waals surface area (Å²) >= 11 is 5.93. The van der Waals surface area contributed by atoms with Gasteiger partial charge in [0.1, 0.15) is 17.4 Å². The summed E-state index contributed by atoms with van der Waals surface area (Å²) in [7, 11) is 0. The molecule has 5 N–H and O–H groups in total. The third-order valence-electron chi connectivity index (χ3n) is 3.99. The molecular formula is C18H16ClN3O4. The molecule has 0 unspecified atom stereocenters. The molecule has 7 nitrogen and oxygen atoms in total. The molecule has 1 fully saturated rings. The summed E-state index contributed by atoms with van der Waals surface area (Å²) in [6, 6.07) is 9.16. The zero-order valence-electron chi connectivity index (χ0n) is 13.5. The molecule has 1 aliphatic heterocycles. The second-order valence-electron chi connectivity index (χ2n) is 5.82. The van der Waals surface area contributed by atoms with Gasteiger partial charge in [-0.15, -0.1) is 0 Å². The standard InChI is InChI=1S/C18H16ClN3O4/c1-9-15(17(25)21-11-4-2-3-10(19)7-11)16(22-18(26)20-9)13-6-5-12(23)8-14(13)24/h2-8,15-16,23-24H,1H2,(H,21,25)(H2,20,22,26)/t15-,16+/m1/s1. The quantitative estimate of drug-likeness (QED) is 0.569. The Morgan fingerprint density at radius 2 is 1.96 bits per heavy atom. The van der Waals surface area contributed by atoms with Crippen molar-refractivity contribution in [1.82, 2.24) is 10.6 Å². The van der Waals surface area contributed by atoms with Crippen LogP contribution >= 0.6 is 11.6 Å². The number of phenolic OH excluding ortho intramolecular Hbond substituents is 2. The van der Waals surface area contributed by atoms with Gasteiger partial charge in [-0.2, -0.15) is 0 Å². The molecule has 0 aliphatic carbocycles. The first-order chi connectivity index (χ1) is 12.3. The fraction of sp³-hybridized carbons (Fsp3) is 0.111. The van der Waals surface area contributed by atoms with Crippen molar-refractivity contribution in [1.29, 1.82) is 0 Å². The summed E-state index contributed by atoms with van der Waals surface area (Å²) in [5, 5.41) is 27.9. The van der Waals surface area contributed by atoms with E-state index in [1.165, 1.54) is 12.1 Å². The van der Waals surface area contributed by atoms with Crippen LogP contribution in [0.3, 0.4) is 0 Å². The monoisotopic (exact) mass is 373 g/mol. The first kappa shape index (κ1) is 17.6. The molecule has 8 heteroatoms. The van der Waals surface area contributed by atoms with Crippen LogP contribution in [-0.2, 0) is 4.79 Å². The van der Waals surface area contributed by atoms with Crippen LogP contribution in [0.25, 0.3) is 0 Å². The number of hydrogen-bond acceptors (Lipinski definition) is 4. The zero-order chi connectivity index (χ0) is 18.8. The van der Waals surface area contributed by atoms with E-state index in [2.05, 4.69) is 22.5 Å². The third kappa shape index (κ3) is 3.57. The predicted molar refractivity (Wildman–Crippen MR) is 96.9 cm³/mol. The number of phenols is 2. The van der Waals surface area contributed by atoms with Crippen LogP contribution in [0.2, 0.25) is 5.02 Å². The number of urea groups is 1. The van der Waals surface area contributed by atoms with Crippen molar-refractivity contribution in [3.8, 4) is 11.5 Å². The number of nitrogens with one attached hydrogen (secondary N) is 3. The lowest BCUT2D eigenvalue weighted by Gasteiger charge is -2.34. The predicted octanol–water partition coefficient (Wildman–Crippen LogP) is 2.87. The van der Waals surface area contributed by atoms with Gasteiger partial charge in [0.25, 0.3) is 0 Å². The van der Waals surface area contributed by atoms with E-state index in [-0.39, 0.29) is 22.8 Å². The van der Waals surface area contributed by atoms with Crippen molar-refractivity contribution >= 4 is 29.2 Å². The minimum atomic E-state index is -0.901. The number of carbonyl (C=O) groups is 2. The van der Waals surface area contributed by atoms with Gasteiger partial charge in [0, 0.05) is 28.0 Å². The van der Waals surface area contributed by atoms with Crippen molar-refractivity contribution in [3.05, 3.63) is 65.3 Å². The number of benzene rings is 2. The summed E-state index contributed by atoms with van der Waals surface area (Å²) in [5.41, 5.74) is 0.955. The smallest absolute Gasteiger partial charge is 0.319 e. The summed E-state index contributed by atoms with van der Waals surface area (Å²) < 4.78 is 0. The minimum absolute atomic E-state index is 0.134. The van der Waals surface area contributed by atoms with Gasteiger partial charge in [-0.25, -0.2) is 4.79 Å². The normalized spacial score (nSPS) is 19.4. The molecule has 1 aliphatic rings. The van der Waals surface area contributed by atoms with E-state index in [9.17, 15) is 19.8 Å². The Morgan fingerprint density at radius 3 is 2.65 bits per heavy atom. The van der Waals surface area contributed by atoms with Crippen molar-refractivity contribution < 1.29 is 19.8 Å². The Morgan fingerprint density at radius 1 is 1.19 bits per heavy atom. The lowest BCUT2D eigenvalue weighted by Crippen LogP contribution is -2.51. The van der Waals surface area contributed by atoms with E-state index >= 15 is 0 Å². The highest BCUT2D eigenvalue weighted by molar-refractivity contribution is 6.30. The molecular weight excluding hydrogens is 358 g/mol. The number of amides is 3. The highest BCUT2D eigenvalue weighted by Gasteiger charge is 2.39. The van der Waals surface area contributed by atoms with Gasteiger partial charge in [-0.05, 0) is 30.3 Å². The average Bonchev–Trinajstić information content (AvgIpc) is 2.53. The lowest BCUT2D eigenvalue weighted by atomic mass is 9.87. The maximum atomic E-state index is 12.8. The fourth-order valence-electron chi connectivity index (χ4n) is 2.83. The van der Waals surface area contributed by atoms with Gasteiger partial charge < -0.3 is 26.2 Å². The number of aromatic hydroxyl groups is 2. The van der Waals surface area contributed by atoms with E-state index in [1.807, 2.05) is 0 Å². The van der Waals surface area contributed by atoms with E-state index < -0.39 is 23.9 Å². The molecule has 3 amide bonds. The van der Waals surface area contributed by atoms with Crippen LogP contribution in [0.1, 0.15) is 11.6 Å². The Kier molecular flexibility index (Phi) is 4.73. The Bertz CT molecular complexity index is 900. The number of anilines is 1. The van der Waals surface area contributed by atoms with Crippen molar-refractivity contribution in [3.63, 3.8) is 0 Å². The van der Waals surface area contributed by atoms with Gasteiger partial charge in [-0.1, -0.05) is 24.2 Å². The molecule has 2 aromatic rings. The molecule has 2 atom stereocenters. The Balaban J connectivity index is 1.93. The van der Waals surface area contributed by atoms with Crippen LogP contribution in [0.5, 0.6) is 11.5 Å². The largest absolute Gasteiger partial charge is 0.508 e. The van der Waals surface area contributed by atoms with Gasteiger partial charge in [0.05, 0.1) is 6.04 Å². The van der Waals surface area contributed by atoms with Crippen molar-refractivity contribution in [2.45, 2.75) is 6.04 Å². The Hall–Kier alpha value is -3.19. The molecule has 0 radical (unpaired) electrons. The third-order valence-corrected chi connectivity index (χ3v) is 4.23. The topological polar surface area (TPSA) is 111 Å². The van der Waals surface area contributed by atoms with Crippen LogP contribution in [0.15, 0.2) is 54.7 Å². The van der Waals surface area contributed by atoms with Crippen LogP contribution in [0, 0.1) is 5.92 Å². The average molecular weight is 374 g/mol. The Labute approximate surface area is 154 Å². The van der Waals surface area contributed by atoms with E-state index in [0.717, 1.165) is 6.07 Å². The molecule has 2 aromatic carbocycles. The molecule has 0 aromatic heterocycles. The minimum Gasteiger partial charge on any atom is -0.508 e. The highest BCUT2D eigenvalue weighted by atomic mass is 35.5. The summed E-state index contributed by atoms with van der Waals surface area (Å²) in [6.45, 7) is 3.76. The highest BCUT2D eigenvalue weighted by Crippen LogP contribution is 2.36. The van der Waals surface area contributed by atoms with Crippen molar-refractivity contribution in [2.75, 3.05) is 5.32 Å². The van der Waals surface area contributed by atoms with Gasteiger partial charge in [-0.3, -0.25) is 4.79 Å². The first-order valence-electron chi connectivity index (χ1n) is 7.70. The number of carbonyl (C=O) groups excluding carboxylic acids is 2. The maximum Gasteiger partial charge on any atom is 0.319 e. The maximum absolute atomic E-state index is 12.8. The van der Waals surface area contributed by atoms with Crippen LogP contribution in [-0.4, -0.2) is 22.2 Å². The second kappa shape index (κ2) is 6.97. The lowest BCUT2D eigenvalue weighted by molar-refractivity contribution is -0.119. The van der Waals surface area contributed by atoms with Gasteiger partial charge in [0.15, 0.2) is 0 Å². The summed E-state index contributed by atoms with van der Waals surface area (Å²) in [5.74, 6) is -1.72. The van der Waals surface area contributed by atoms with Crippen LogP contribution < -0.4 is 16.0 Å². The van der Waals surface area contributed by atoms with Crippen molar-refractivity contribution in [2.24, 2.45) is 5.92 Å². The molecule has 0 spiro atoms. The molecule has 26 heavy (non-hydrogen) atoms. The SMILES string of the molecule is C=C1NC(=O)N[C@@H](c2ccc(O)cc2O)[C@@H]1C(=O)Nc1cccc(Cl)c1. The molecule has 3 rings (SSSR count). The zero-order valence-corrected chi connectivity index (χ0v) is 14.2.